The molecule has 5 nitrogen and oxygen atoms in total. The molecule has 4 aromatic heterocycles. The standard InChI is InChI=1S/C52H34N4OSi/c1-3-16-36(17-4-1)58(37-18-5-2-6-19-37,49-29-15-24-42-41-23-10-14-28-48(41)57-51(42)49)50-32-33-53-52(54-50)56-46-27-13-9-22-40(46)43-34-35(30-31-47(43)56)55-44-25-11-7-20-38(44)39-21-8-12-26-45(39)55/h1-34H. The molecule has 8 aromatic carbocycles. The summed E-state index contributed by atoms with van der Waals surface area (Å²) >= 11 is 0. The maximum Gasteiger partial charge on any atom is 0.234 e. The number of hydrogen-bond acceptors (Lipinski definition) is 3. The maximum absolute atomic E-state index is 6.85. The number of rotatable bonds is 6. The summed E-state index contributed by atoms with van der Waals surface area (Å²) in [6.07, 6.45) is 1.94. The molecule has 0 bridgehead atoms. The van der Waals surface area contributed by atoms with Crippen molar-refractivity contribution in [2.24, 2.45) is 0 Å². The highest BCUT2D eigenvalue weighted by Crippen LogP contribution is 2.36. The third-order valence-corrected chi connectivity index (χ3v) is 16.6. The van der Waals surface area contributed by atoms with Crippen molar-refractivity contribution in [3.8, 4) is 11.6 Å². The van der Waals surface area contributed by atoms with Gasteiger partial charge in [0.15, 0.2) is 0 Å². The van der Waals surface area contributed by atoms with Crippen LogP contribution < -0.4 is 20.9 Å². The van der Waals surface area contributed by atoms with Gasteiger partial charge in [-0.2, -0.15) is 0 Å². The third kappa shape index (κ3) is 4.63. The van der Waals surface area contributed by atoms with Crippen LogP contribution in [0.4, 0.5) is 0 Å². The zero-order valence-electron chi connectivity index (χ0n) is 31.3. The van der Waals surface area contributed by atoms with Crippen LogP contribution in [0.15, 0.2) is 211 Å². The summed E-state index contributed by atoms with van der Waals surface area (Å²) in [5, 5.41) is 11.6. The fourth-order valence-corrected chi connectivity index (χ4v) is 14.2. The molecule has 0 atom stereocenters. The first-order valence-electron chi connectivity index (χ1n) is 19.7. The molecule has 0 fully saturated rings. The SMILES string of the molecule is c1ccc([Si](c2ccccc2)(c2ccnc(-n3c4ccccc4c4cc(-n5c6ccccc6c6ccccc65)ccc43)n2)c2cccc3c2oc2ccccc23)cc1. The van der Waals surface area contributed by atoms with Gasteiger partial charge in [0.1, 0.15) is 11.2 Å². The lowest BCUT2D eigenvalue weighted by Gasteiger charge is -2.33. The van der Waals surface area contributed by atoms with Crippen LogP contribution in [0.3, 0.4) is 0 Å². The van der Waals surface area contributed by atoms with Gasteiger partial charge in [-0.15, -0.1) is 0 Å². The second kappa shape index (κ2) is 12.7. The minimum absolute atomic E-state index is 0.633. The quantitative estimate of drug-likeness (QED) is 0.125. The van der Waals surface area contributed by atoms with Crippen LogP contribution >= 0.6 is 0 Å². The van der Waals surface area contributed by atoms with Crippen molar-refractivity contribution in [3.05, 3.63) is 206 Å². The molecule has 0 unspecified atom stereocenters. The second-order valence-electron chi connectivity index (χ2n) is 14.9. The van der Waals surface area contributed by atoms with Crippen molar-refractivity contribution >= 4 is 94.5 Å². The van der Waals surface area contributed by atoms with Gasteiger partial charge in [-0.3, -0.25) is 4.57 Å². The van der Waals surface area contributed by atoms with E-state index < -0.39 is 8.07 Å². The minimum atomic E-state index is -3.17. The Balaban J connectivity index is 1.13. The van der Waals surface area contributed by atoms with Crippen molar-refractivity contribution in [2.75, 3.05) is 0 Å². The highest BCUT2D eigenvalue weighted by Gasteiger charge is 2.45. The molecule has 0 N–H and O–H groups in total. The first kappa shape index (κ1) is 32.7. The summed E-state index contributed by atoms with van der Waals surface area (Å²) in [5.41, 5.74) is 7.37. The minimum Gasteiger partial charge on any atom is -0.456 e. The molecule has 272 valence electrons. The summed E-state index contributed by atoms with van der Waals surface area (Å²) in [7, 11) is -3.17. The number of nitrogens with zero attached hydrogens (tertiary/aromatic N) is 4. The fourth-order valence-electron chi connectivity index (χ4n) is 9.51. The van der Waals surface area contributed by atoms with Gasteiger partial charge in [0, 0.05) is 49.5 Å². The predicted octanol–water partition coefficient (Wildman–Crippen LogP) is 9.95. The van der Waals surface area contributed by atoms with Crippen LogP contribution in [0.2, 0.25) is 0 Å². The summed E-state index contributed by atoms with van der Waals surface area (Å²) in [6, 6.07) is 71.6. The van der Waals surface area contributed by atoms with Gasteiger partial charge in [-0.25, -0.2) is 9.97 Å². The lowest BCUT2D eigenvalue weighted by Crippen LogP contribution is -2.75. The number of benzene rings is 8. The Morgan fingerprint density at radius 2 is 0.948 bits per heavy atom. The first-order chi connectivity index (χ1) is 28.8. The molecule has 0 saturated carbocycles. The Bertz CT molecular complexity index is 3440. The zero-order chi connectivity index (χ0) is 38.2. The second-order valence-corrected chi connectivity index (χ2v) is 18.6. The smallest absolute Gasteiger partial charge is 0.234 e. The van der Waals surface area contributed by atoms with Gasteiger partial charge in [0.05, 0.1) is 22.1 Å². The zero-order valence-corrected chi connectivity index (χ0v) is 32.3. The van der Waals surface area contributed by atoms with Gasteiger partial charge in [0.25, 0.3) is 0 Å². The van der Waals surface area contributed by atoms with E-state index in [9.17, 15) is 0 Å². The summed E-state index contributed by atoms with van der Waals surface area (Å²) in [4.78, 5) is 10.8. The predicted molar refractivity (Wildman–Crippen MR) is 242 cm³/mol. The maximum atomic E-state index is 6.85. The van der Waals surface area contributed by atoms with Crippen LogP contribution in [0.1, 0.15) is 0 Å². The third-order valence-electron chi connectivity index (χ3n) is 11.9. The van der Waals surface area contributed by atoms with Gasteiger partial charge < -0.3 is 8.98 Å². The average Bonchev–Trinajstić information content (AvgIpc) is 3.96. The van der Waals surface area contributed by atoms with Crippen molar-refractivity contribution in [3.63, 3.8) is 0 Å². The van der Waals surface area contributed by atoms with E-state index in [2.05, 4.69) is 203 Å². The lowest BCUT2D eigenvalue weighted by molar-refractivity contribution is 0.671. The number of para-hydroxylation sites is 5. The van der Waals surface area contributed by atoms with Crippen molar-refractivity contribution in [1.29, 1.82) is 0 Å². The molecule has 12 aromatic rings. The molecule has 0 radical (unpaired) electrons. The lowest BCUT2D eigenvalue weighted by atomic mass is 10.1. The molecule has 0 aliphatic carbocycles. The topological polar surface area (TPSA) is 48.8 Å². The fraction of sp³-hybridized carbons (Fsp3) is 0. The largest absolute Gasteiger partial charge is 0.456 e. The average molecular weight is 759 g/mol. The van der Waals surface area contributed by atoms with E-state index in [-0.39, 0.29) is 0 Å². The monoisotopic (exact) mass is 758 g/mol. The summed E-state index contributed by atoms with van der Waals surface area (Å²) in [5.74, 6) is 0.633. The Labute approximate surface area is 334 Å². The van der Waals surface area contributed by atoms with Crippen LogP contribution in [0.5, 0.6) is 0 Å². The van der Waals surface area contributed by atoms with Crippen LogP contribution in [-0.4, -0.2) is 27.2 Å². The van der Waals surface area contributed by atoms with E-state index >= 15 is 0 Å². The molecular formula is C52H34N4OSi. The Hall–Kier alpha value is -7.54. The molecule has 0 aliphatic rings. The number of hydrogen-bond donors (Lipinski definition) is 0. The Morgan fingerprint density at radius 1 is 0.414 bits per heavy atom. The highest BCUT2D eigenvalue weighted by molar-refractivity contribution is 7.20. The highest BCUT2D eigenvalue weighted by atomic mass is 28.3. The van der Waals surface area contributed by atoms with Crippen LogP contribution in [-0.2, 0) is 0 Å². The first-order valence-corrected chi connectivity index (χ1v) is 21.7. The van der Waals surface area contributed by atoms with E-state index in [4.69, 9.17) is 14.4 Å². The van der Waals surface area contributed by atoms with E-state index in [1.807, 2.05) is 12.3 Å². The molecule has 6 heteroatoms. The Kier molecular flexibility index (Phi) is 7.18. The van der Waals surface area contributed by atoms with Crippen molar-refractivity contribution < 1.29 is 4.42 Å². The van der Waals surface area contributed by atoms with Gasteiger partial charge in [-0.1, -0.05) is 152 Å². The molecular weight excluding hydrogens is 725 g/mol. The van der Waals surface area contributed by atoms with E-state index in [0.717, 1.165) is 59.9 Å². The normalized spacial score (nSPS) is 12.1. The number of fused-ring (bicyclic) bond motifs is 9. The van der Waals surface area contributed by atoms with Gasteiger partial charge in [0.2, 0.25) is 14.0 Å². The Morgan fingerprint density at radius 3 is 1.62 bits per heavy atom. The number of furan rings is 1. The molecule has 0 aliphatic heterocycles. The van der Waals surface area contributed by atoms with E-state index in [0.29, 0.717) is 5.95 Å². The molecule has 0 spiro atoms. The molecule has 0 saturated heterocycles. The van der Waals surface area contributed by atoms with Gasteiger partial charge in [-0.05, 0) is 64.1 Å². The van der Waals surface area contributed by atoms with Gasteiger partial charge >= 0.3 is 0 Å². The van der Waals surface area contributed by atoms with Crippen molar-refractivity contribution in [2.45, 2.75) is 0 Å². The number of aromatic nitrogens is 4. The molecule has 12 rings (SSSR count). The van der Waals surface area contributed by atoms with E-state index in [1.165, 1.54) is 32.2 Å². The summed E-state index contributed by atoms with van der Waals surface area (Å²) in [6.45, 7) is 0. The molecule has 58 heavy (non-hydrogen) atoms. The molecule has 0 amide bonds. The van der Waals surface area contributed by atoms with Crippen LogP contribution in [0, 0.1) is 0 Å². The van der Waals surface area contributed by atoms with Crippen molar-refractivity contribution in [1.82, 2.24) is 19.1 Å². The van der Waals surface area contributed by atoms with Crippen LogP contribution in [0.25, 0.3) is 77.2 Å². The molecule has 4 heterocycles. The van der Waals surface area contributed by atoms with E-state index in [1.54, 1.807) is 0 Å². The summed E-state index contributed by atoms with van der Waals surface area (Å²) < 4.78 is 11.5.